The van der Waals surface area contributed by atoms with Crippen LogP contribution >= 0.6 is 0 Å². The topological polar surface area (TPSA) is 93.5 Å². The van der Waals surface area contributed by atoms with Crippen molar-refractivity contribution in [3.05, 3.63) is 59.2 Å². The van der Waals surface area contributed by atoms with Crippen LogP contribution in [0.5, 0.6) is 0 Å². The van der Waals surface area contributed by atoms with E-state index in [1.807, 2.05) is 38.1 Å². The van der Waals surface area contributed by atoms with Crippen LogP contribution < -0.4 is 4.72 Å². The molecular formula is C23H30N4O3S. The van der Waals surface area contributed by atoms with E-state index in [-0.39, 0.29) is 22.8 Å². The summed E-state index contributed by atoms with van der Waals surface area (Å²) in [5, 5.41) is 8.94. The third-order valence-electron chi connectivity index (χ3n) is 4.84. The summed E-state index contributed by atoms with van der Waals surface area (Å²) < 4.78 is 28.6. The van der Waals surface area contributed by atoms with E-state index in [9.17, 15) is 13.2 Å². The zero-order valence-corrected chi connectivity index (χ0v) is 19.4. The maximum atomic E-state index is 13.1. The van der Waals surface area contributed by atoms with Gasteiger partial charge in [0.25, 0.3) is 15.9 Å². The van der Waals surface area contributed by atoms with Gasteiger partial charge >= 0.3 is 0 Å². The number of aryl methyl sites for hydroxylation is 2. The number of carbonyl (C=O) groups is 1. The van der Waals surface area contributed by atoms with E-state index in [1.54, 1.807) is 36.1 Å². The summed E-state index contributed by atoms with van der Waals surface area (Å²) >= 11 is 0. The smallest absolute Gasteiger partial charge is 0.262 e. The Bertz CT molecular complexity index is 1040. The summed E-state index contributed by atoms with van der Waals surface area (Å²) in [6.45, 7) is 5.23. The molecule has 0 heterocycles. The standard InChI is InChI=1S/C23H30N4O3S/c1-18-7-11-21(12-8-18)25-31(29,30)22-17-20(10-9-19(22)2)23(28)27(15-5-13-24)16-6-14-26(3)4/h7-12,17,25H,5-6,14-16H2,1-4H3. The Hall–Kier alpha value is -2.89. The molecule has 7 nitrogen and oxygen atoms in total. The third kappa shape index (κ3) is 7.09. The molecule has 166 valence electrons. The van der Waals surface area contributed by atoms with Gasteiger partial charge in [0.05, 0.1) is 17.4 Å². The molecule has 0 spiro atoms. The van der Waals surface area contributed by atoms with Gasteiger partial charge in [-0.2, -0.15) is 5.26 Å². The lowest BCUT2D eigenvalue weighted by atomic mass is 10.1. The highest BCUT2D eigenvalue weighted by Crippen LogP contribution is 2.22. The number of rotatable bonds is 10. The molecule has 0 bridgehead atoms. The van der Waals surface area contributed by atoms with Gasteiger partial charge < -0.3 is 9.80 Å². The van der Waals surface area contributed by atoms with Gasteiger partial charge in [-0.25, -0.2) is 8.42 Å². The second-order valence-corrected chi connectivity index (χ2v) is 9.46. The van der Waals surface area contributed by atoms with Crippen molar-refractivity contribution in [1.29, 1.82) is 5.26 Å². The van der Waals surface area contributed by atoms with Crippen LogP contribution in [0.15, 0.2) is 47.4 Å². The summed E-state index contributed by atoms with van der Waals surface area (Å²) in [4.78, 5) is 16.8. The molecule has 0 aliphatic heterocycles. The molecule has 0 atom stereocenters. The van der Waals surface area contributed by atoms with Crippen LogP contribution in [-0.2, 0) is 10.0 Å². The molecule has 0 saturated heterocycles. The normalized spacial score (nSPS) is 11.2. The Kier molecular flexibility index (Phi) is 8.60. The molecule has 1 N–H and O–H groups in total. The SMILES string of the molecule is Cc1ccc(NS(=O)(=O)c2cc(C(=O)N(CCC#N)CCCN(C)C)ccc2C)cc1. The minimum Gasteiger partial charge on any atom is -0.338 e. The molecule has 2 aromatic carbocycles. The van der Waals surface area contributed by atoms with Crippen molar-refractivity contribution in [1.82, 2.24) is 9.80 Å². The zero-order valence-electron chi connectivity index (χ0n) is 18.6. The number of amides is 1. The average molecular weight is 443 g/mol. The summed E-state index contributed by atoms with van der Waals surface area (Å²) in [5.74, 6) is -0.277. The highest BCUT2D eigenvalue weighted by atomic mass is 32.2. The minimum absolute atomic E-state index is 0.0625. The molecule has 0 aliphatic rings. The van der Waals surface area contributed by atoms with Gasteiger partial charge in [0.1, 0.15) is 0 Å². The van der Waals surface area contributed by atoms with E-state index in [2.05, 4.69) is 10.8 Å². The molecule has 0 unspecified atom stereocenters. The van der Waals surface area contributed by atoms with Gasteiger partial charge in [0.15, 0.2) is 0 Å². The average Bonchev–Trinajstić information content (AvgIpc) is 2.71. The predicted octanol–water partition coefficient (Wildman–Crippen LogP) is 3.41. The number of nitriles is 1. The van der Waals surface area contributed by atoms with E-state index in [0.717, 1.165) is 18.5 Å². The molecule has 0 fully saturated rings. The zero-order chi connectivity index (χ0) is 23.0. The van der Waals surface area contributed by atoms with Crippen molar-refractivity contribution < 1.29 is 13.2 Å². The molecule has 2 aromatic rings. The second kappa shape index (κ2) is 10.9. The van der Waals surface area contributed by atoms with Crippen molar-refractivity contribution >= 4 is 21.6 Å². The maximum absolute atomic E-state index is 13.1. The Morgan fingerprint density at radius 2 is 1.71 bits per heavy atom. The molecule has 1 amide bonds. The third-order valence-corrected chi connectivity index (χ3v) is 6.37. The van der Waals surface area contributed by atoms with E-state index in [4.69, 9.17) is 5.26 Å². The molecule has 2 rings (SSSR count). The first-order valence-electron chi connectivity index (χ1n) is 10.1. The fourth-order valence-corrected chi connectivity index (χ4v) is 4.44. The van der Waals surface area contributed by atoms with Gasteiger partial charge in [-0.05, 0) is 70.7 Å². The van der Waals surface area contributed by atoms with Crippen molar-refractivity contribution in [2.45, 2.75) is 31.6 Å². The summed E-state index contributed by atoms with van der Waals surface area (Å²) in [7, 11) is 0.0524. The Morgan fingerprint density at radius 3 is 2.32 bits per heavy atom. The maximum Gasteiger partial charge on any atom is 0.262 e. The number of anilines is 1. The highest BCUT2D eigenvalue weighted by molar-refractivity contribution is 7.92. The molecule has 0 aliphatic carbocycles. The van der Waals surface area contributed by atoms with Crippen LogP contribution in [0.25, 0.3) is 0 Å². The summed E-state index contributed by atoms with van der Waals surface area (Å²) in [5.41, 5.74) is 2.32. The fourth-order valence-electron chi connectivity index (χ4n) is 3.11. The van der Waals surface area contributed by atoms with Crippen LogP contribution in [0.1, 0.15) is 34.3 Å². The van der Waals surface area contributed by atoms with Gasteiger partial charge in [-0.15, -0.1) is 0 Å². The number of benzene rings is 2. The number of hydrogen-bond donors (Lipinski definition) is 1. The highest BCUT2D eigenvalue weighted by Gasteiger charge is 2.22. The predicted molar refractivity (Wildman–Crippen MR) is 122 cm³/mol. The molecule has 8 heteroatoms. The molecule has 0 aromatic heterocycles. The number of sulfonamides is 1. The van der Waals surface area contributed by atoms with Crippen molar-refractivity contribution in [2.75, 3.05) is 38.5 Å². The first-order valence-corrected chi connectivity index (χ1v) is 11.6. The molecular weight excluding hydrogens is 412 g/mol. The van der Waals surface area contributed by atoms with Crippen molar-refractivity contribution in [2.24, 2.45) is 0 Å². The Balaban J connectivity index is 2.28. The van der Waals surface area contributed by atoms with Gasteiger partial charge in [-0.3, -0.25) is 9.52 Å². The fraction of sp³-hybridized carbons (Fsp3) is 0.391. The monoisotopic (exact) mass is 442 g/mol. The van der Waals surface area contributed by atoms with E-state index in [0.29, 0.717) is 24.3 Å². The molecule has 31 heavy (non-hydrogen) atoms. The Morgan fingerprint density at radius 1 is 1.03 bits per heavy atom. The Labute approximate surface area is 185 Å². The summed E-state index contributed by atoms with van der Waals surface area (Å²) in [6, 6.07) is 13.8. The first-order chi connectivity index (χ1) is 14.6. The van der Waals surface area contributed by atoms with Crippen LogP contribution in [-0.4, -0.2) is 57.9 Å². The molecule has 0 saturated carbocycles. The lowest BCUT2D eigenvalue weighted by Gasteiger charge is -2.23. The minimum atomic E-state index is -3.86. The van der Waals surface area contributed by atoms with Crippen molar-refractivity contribution in [3.8, 4) is 6.07 Å². The summed E-state index contributed by atoms with van der Waals surface area (Å²) in [6.07, 6.45) is 0.982. The van der Waals surface area contributed by atoms with Gasteiger partial charge in [0, 0.05) is 24.3 Å². The van der Waals surface area contributed by atoms with Crippen molar-refractivity contribution in [3.63, 3.8) is 0 Å². The number of carbonyl (C=O) groups excluding carboxylic acids is 1. The van der Waals surface area contributed by atoms with E-state index in [1.165, 1.54) is 6.07 Å². The second-order valence-electron chi connectivity index (χ2n) is 7.81. The van der Waals surface area contributed by atoms with Gasteiger partial charge in [0.2, 0.25) is 0 Å². The van der Waals surface area contributed by atoms with Crippen LogP contribution in [0.2, 0.25) is 0 Å². The van der Waals surface area contributed by atoms with Gasteiger partial charge in [-0.1, -0.05) is 23.8 Å². The van der Waals surface area contributed by atoms with E-state index < -0.39 is 10.0 Å². The largest absolute Gasteiger partial charge is 0.338 e. The lowest BCUT2D eigenvalue weighted by molar-refractivity contribution is 0.0753. The van der Waals surface area contributed by atoms with E-state index >= 15 is 0 Å². The van der Waals surface area contributed by atoms with Crippen LogP contribution in [0, 0.1) is 25.2 Å². The quantitative estimate of drug-likeness (QED) is 0.609. The number of hydrogen-bond acceptors (Lipinski definition) is 5. The lowest BCUT2D eigenvalue weighted by Crippen LogP contribution is -2.34. The number of nitrogens with zero attached hydrogens (tertiary/aromatic N) is 3. The van der Waals surface area contributed by atoms with Crippen LogP contribution in [0.3, 0.4) is 0 Å². The number of nitrogens with one attached hydrogen (secondary N) is 1. The molecule has 0 radical (unpaired) electrons. The first kappa shape index (κ1) is 24.4. The van der Waals surface area contributed by atoms with Crippen LogP contribution in [0.4, 0.5) is 5.69 Å².